The average Bonchev–Trinajstić information content (AvgIpc) is 2.43. The first-order chi connectivity index (χ1) is 9.00. The summed E-state index contributed by atoms with van der Waals surface area (Å²) in [4.78, 5) is 13.5. The van der Waals surface area contributed by atoms with Crippen LogP contribution >= 0.6 is 0 Å². The standard InChI is InChI=1S/C14H26N4O/c1-3-7-17-14(2,11-15)6-9-18-8-4-5-12(10-18)13(16)19/h12,17H,3-10H2,1-2H3,(H2,16,19). The van der Waals surface area contributed by atoms with Gasteiger partial charge < -0.3 is 10.6 Å². The second-order valence-corrected chi connectivity index (χ2v) is 5.66. The fraction of sp³-hybridized carbons (Fsp3) is 0.857. The zero-order chi connectivity index (χ0) is 14.3. The van der Waals surface area contributed by atoms with E-state index in [1.807, 2.05) is 6.92 Å². The molecule has 1 amide bonds. The molecule has 0 spiro atoms. The Morgan fingerprint density at radius 1 is 1.63 bits per heavy atom. The second-order valence-electron chi connectivity index (χ2n) is 5.66. The number of nitrogens with one attached hydrogen (secondary N) is 1. The third-order valence-corrected chi connectivity index (χ3v) is 3.85. The topological polar surface area (TPSA) is 82.2 Å². The van der Waals surface area contributed by atoms with Gasteiger partial charge in [-0.15, -0.1) is 0 Å². The molecule has 0 saturated carbocycles. The van der Waals surface area contributed by atoms with Crippen molar-refractivity contribution in [2.24, 2.45) is 11.7 Å². The van der Waals surface area contributed by atoms with Crippen molar-refractivity contribution in [3.8, 4) is 6.07 Å². The molecule has 0 radical (unpaired) electrons. The number of carbonyl (C=O) groups is 1. The van der Waals surface area contributed by atoms with E-state index in [9.17, 15) is 10.1 Å². The number of nitrogens with zero attached hydrogens (tertiary/aromatic N) is 2. The number of nitrogens with two attached hydrogens (primary N) is 1. The number of primary amides is 1. The van der Waals surface area contributed by atoms with Gasteiger partial charge in [0.2, 0.25) is 5.91 Å². The van der Waals surface area contributed by atoms with E-state index < -0.39 is 5.54 Å². The van der Waals surface area contributed by atoms with Gasteiger partial charge in [0.15, 0.2) is 0 Å². The zero-order valence-corrected chi connectivity index (χ0v) is 12.1. The fourth-order valence-electron chi connectivity index (χ4n) is 2.46. The molecule has 0 aromatic carbocycles. The van der Waals surface area contributed by atoms with E-state index in [1.165, 1.54) is 0 Å². The quantitative estimate of drug-likeness (QED) is 0.716. The Balaban J connectivity index is 2.42. The summed E-state index contributed by atoms with van der Waals surface area (Å²) in [6.45, 7) is 7.47. The number of carbonyl (C=O) groups excluding carboxylic acids is 1. The van der Waals surface area contributed by atoms with E-state index in [-0.39, 0.29) is 11.8 Å². The van der Waals surface area contributed by atoms with Crippen molar-refractivity contribution in [2.75, 3.05) is 26.2 Å². The van der Waals surface area contributed by atoms with E-state index in [4.69, 9.17) is 5.73 Å². The van der Waals surface area contributed by atoms with Crippen LogP contribution in [-0.4, -0.2) is 42.5 Å². The number of piperidine rings is 1. The van der Waals surface area contributed by atoms with Gasteiger partial charge in [-0.05, 0) is 45.7 Å². The van der Waals surface area contributed by atoms with Crippen molar-refractivity contribution in [2.45, 2.75) is 45.1 Å². The molecular weight excluding hydrogens is 240 g/mol. The number of amides is 1. The lowest BCUT2D eigenvalue weighted by molar-refractivity contribution is -0.123. The summed E-state index contributed by atoms with van der Waals surface area (Å²) in [6.07, 6.45) is 3.70. The molecule has 1 aliphatic rings. The minimum atomic E-state index is -0.477. The summed E-state index contributed by atoms with van der Waals surface area (Å²) in [7, 11) is 0. The van der Waals surface area contributed by atoms with Gasteiger partial charge in [-0.3, -0.25) is 10.1 Å². The predicted octanol–water partition coefficient (Wildman–Crippen LogP) is 0.856. The first-order valence-electron chi connectivity index (χ1n) is 7.18. The lowest BCUT2D eigenvalue weighted by atomic mass is 9.95. The van der Waals surface area contributed by atoms with Gasteiger partial charge in [0.1, 0.15) is 5.54 Å². The minimum Gasteiger partial charge on any atom is -0.369 e. The Hall–Kier alpha value is -1.12. The molecule has 0 aromatic heterocycles. The molecule has 2 unspecified atom stereocenters. The van der Waals surface area contributed by atoms with Crippen LogP contribution in [0.15, 0.2) is 0 Å². The van der Waals surface area contributed by atoms with Crippen LogP contribution in [0.3, 0.4) is 0 Å². The van der Waals surface area contributed by atoms with Crippen molar-refractivity contribution in [1.29, 1.82) is 5.26 Å². The van der Waals surface area contributed by atoms with Gasteiger partial charge in [0, 0.05) is 13.1 Å². The highest BCUT2D eigenvalue weighted by Gasteiger charge is 2.27. The molecule has 0 aromatic rings. The molecule has 3 N–H and O–H groups in total. The maximum absolute atomic E-state index is 11.2. The van der Waals surface area contributed by atoms with Crippen LogP contribution in [0.2, 0.25) is 0 Å². The fourth-order valence-corrected chi connectivity index (χ4v) is 2.46. The Morgan fingerprint density at radius 2 is 2.37 bits per heavy atom. The van der Waals surface area contributed by atoms with Crippen molar-refractivity contribution in [1.82, 2.24) is 10.2 Å². The molecule has 1 rings (SSSR count). The first-order valence-corrected chi connectivity index (χ1v) is 7.18. The first kappa shape index (κ1) is 15.9. The molecule has 5 heteroatoms. The van der Waals surface area contributed by atoms with Crippen LogP contribution in [0, 0.1) is 17.2 Å². The highest BCUT2D eigenvalue weighted by atomic mass is 16.1. The highest BCUT2D eigenvalue weighted by Crippen LogP contribution is 2.18. The van der Waals surface area contributed by atoms with E-state index in [2.05, 4.69) is 23.2 Å². The number of likely N-dealkylation sites (tertiary alicyclic amines) is 1. The molecule has 5 nitrogen and oxygen atoms in total. The highest BCUT2D eigenvalue weighted by molar-refractivity contribution is 5.76. The SMILES string of the molecule is CCCNC(C)(C#N)CCN1CCCC(C(N)=O)C1. The average molecular weight is 266 g/mol. The molecule has 19 heavy (non-hydrogen) atoms. The van der Waals surface area contributed by atoms with E-state index >= 15 is 0 Å². The van der Waals surface area contributed by atoms with Crippen molar-refractivity contribution in [3.63, 3.8) is 0 Å². The molecule has 1 heterocycles. The molecule has 2 atom stereocenters. The largest absolute Gasteiger partial charge is 0.369 e. The Kier molecular flexibility index (Phi) is 6.26. The second kappa shape index (κ2) is 7.46. The van der Waals surface area contributed by atoms with Crippen LogP contribution in [0.5, 0.6) is 0 Å². The van der Waals surface area contributed by atoms with E-state index in [1.54, 1.807) is 0 Å². The number of hydrogen-bond acceptors (Lipinski definition) is 4. The monoisotopic (exact) mass is 266 g/mol. The lowest BCUT2D eigenvalue weighted by Gasteiger charge is -2.33. The van der Waals surface area contributed by atoms with Gasteiger partial charge in [-0.2, -0.15) is 5.26 Å². The van der Waals surface area contributed by atoms with Gasteiger partial charge in [0.05, 0.1) is 12.0 Å². The molecule has 108 valence electrons. The van der Waals surface area contributed by atoms with Crippen LogP contribution in [0.1, 0.15) is 39.5 Å². The Bertz CT molecular complexity index is 339. The van der Waals surface area contributed by atoms with Gasteiger partial charge >= 0.3 is 0 Å². The summed E-state index contributed by atoms with van der Waals surface area (Å²) in [5, 5.41) is 12.6. The Morgan fingerprint density at radius 3 is 2.95 bits per heavy atom. The van der Waals surface area contributed by atoms with E-state index in [0.29, 0.717) is 0 Å². The summed E-state index contributed by atoms with van der Waals surface area (Å²) in [5.41, 5.74) is 4.90. The van der Waals surface area contributed by atoms with Crippen LogP contribution in [0.25, 0.3) is 0 Å². The van der Waals surface area contributed by atoms with Crippen LogP contribution in [-0.2, 0) is 4.79 Å². The van der Waals surface area contributed by atoms with Crippen molar-refractivity contribution >= 4 is 5.91 Å². The third kappa shape index (κ3) is 5.17. The molecular formula is C14H26N4O. The maximum atomic E-state index is 11.2. The minimum absolute atomic E-state index is 0.0225. The van der Waals surface area contributed by atoms with Crippen LogP contribution < -0.4 is 11.1 Å². The summed E-state index contributed by atoms with van der Waals surface area (Å²) in [6, 6.07) is 2.36. The third-order valence-electron chi connectivity index (χ3n) is 3.85. The lowest BCUT2D eigenvalue weighted by Crippen LogP contribution is -2.47. The summed E-state index contributed by atoms with van der Waals surface area (Å²) in [5.74, 6) is -0.220. The Labute approximate surface area is 116 Å². The van der Waals surface area contributed by atoms with Gasteiger partial charge in [-0.25, -0.2) is 0 Å². The maximum Gasteiger partial charge on any atom is 0.221 e. The summed E-state index contributed by atoms with van der Waals surface area (Å²) >= 11 is 0. The zero-order valence-electron chi connectivity index (χ0n) is 12.1. The number of nitriles is 1. The predicted molar refractivity (Wildman–Crippen MR) is 75.3 cm³/mol. The van der Waals surface area contributed by atoms with Gasteiger partial charge in [0.25, 0.3) is 0 Å². The molecule has 1 saturated heterocycles. The van der Waals surface area contributed by atoms with Gasteiger partial charge in [-0.1, -0.05) is 6.92 Å². The molecule has 0 bridgehead atoms. The van der Waals surface area contributed by atoms with Crippen molar-refractivity contribution < 1.29 is 4.79 Å². The smallest absolute Gasteiger partial charge is 0.221 e. The number of rotatable bonds is 7. The summed E-state index contributed by atoms with van der Waals surface area (Å²) < 4.78 is 0. The molecule has 1 aliphatic heterocycles. The van der Waals surface area contributed by atoms with Crippen LogP contribution in [0.4, 0.5) is 0 Å². The molecule has 1 fully saturated rings. The number of hydrogen-bond donors (Lipinski definition) is 2. The van der Waals surface area contributed by atoms with E-state index in [0.717, 1.165) is 51.9 Å². The molecule has 0 aliphatic carbocycles. The van der Waals surface area contributed by atoms with Crippen molar-refractivity contribution in [3.05, 3.63) is 0 Å². The normalized spacial score (nSPS) is 23.5.